The minimum atomic E-state index is -4.73. The number of nitrogens with one attached hydrogen (secondary N) is 5. The van der Waals surface area contributed by atoms with E-state index in [1.54, 1.807) is 70.3 Å². The van der Waals surface area contributed by atoms with Gasteiger partial charge in [-0.2, -0.15) is 8.78 Å². The minimum absolute atomic E-state index is 0.0178. The van der Waals surface area contributed by atoms with Crippen molar-refractivity contribution in [1.82, 2.24) is 41.5 Å². The van der Waals surface area contributed by atoms with Crippen molar-refractivity contribution in [1.29, 1.82) is 0 Å². The van der Waals surface area contributed by atoms with Crippen LogP contribution in [0.2, 0.25) is 0 Å². The number of hydrogen-bond acceptors (Lipinski definition) is 11. The number of benzene rings is 2. The summed E-state index contributed by atoms with van der Waals surface area (Å²) in [5, 5.41) is 21.6. The minimum Gasteiger partial charge on any atom is -0.480 e. The Kier molecular flexibility index (Phi) is 19.2. The molecule has 18 nitrogen and oxygen atoms in total. The zero-order valence-corrected chi connectivity index (χ0v) is 37.6. The first-order valence-corrected chi connectivity index (χ1v) is 21.8. The van der Waals surface area contributed by atoms with Crippen molar-refractivity contribution in [3.63, 3.8) is 0 Å². The lowest BCUT2D eigenvalue weighted by atomic mass is 9.99. The molecule has 6 amide bonds. The first kappa shape index (κ1) is 51.8. The van der Waals surface area contributed by atoms with Crippen LogP contribution in [0.4, 0.5) is 13.6 Å². The highest BCUT2D eigenvalue weighted by molar-refractivity contribution is 6.11. The van der Waals surface area contributed by atoms with Gasteiger partial charge in [-0.25, -0.2) is 14.6 Å². The molecular formula is C46H58F2N8O10. The predicted molar refractivity (Wildman–Crippen MR) is 234 cm³/mol. The van der Waals surface area contributed by atoms with Crippen LogP contribution in [0.25, 0.3) is 0 Å². The van der Waals surface area contributed by atoms with Gasteiger partial charge in [-0.1, -0.05) is 95.6 Å². The van der Waals surface area contributed by atoms with Gasteiger partial charge in [0.25, 0.3) is 11.8 Å². The molecule has 66 heavy (non-hydrogen) atoms. The Balaban J connectivity index is 1.45. The van der Waals surface area contributed by atoms with E-state index in [0.29, 0.717) is 18.5 Å². The van der Waals surface area contributed by atoms with Gasteiger partial charge in [0.2, 0.25) is 23.5 Å². The number of aromatic nitrogens is 2. The van der Waals surface area contributed by atoms with E-state index in [2.05, 4.69) is 31.2 Å². The lowest BCUT2D eigenvalue weighted by Crippen LogP contribution is -2.57. The number of carboxylic acids is 1. The average molecular weight is 921 g/mol. The van der Waals surface area contributed by atoms with E-state index in [0.717, 1.165) is 11.1 Å². The smallest absolute Gasteiger partial charge is 0.410 e. The van der Waals surface area contributed by atoms with Gasteiger partial charge >= 0.3 is 18.0 Å². The maximum Gasteiger partial charge on any atom is 0.410 e. The van der Waals surface area contributed by atoms with Crippen LogP contribution in [0.15, 0.2) is 73.2 Å². The first-order chi connectivity index (χ1) is 31.3. The zero-order valence-electron chi connectivity index (χ0n) is 37.6. The summed E-state index contributed by atoms with van der Waals surface area (Å²) in [6, 6.07) is 9.64. The molecule has 6 N–H and O–H groups in total. The number of Topliss-reactive ketones (excluding diaryl/α,β-unsaturated/α-hetero) is 1. The average Bonchev–Trinajstić information content (AvgIpc) is 3.29. The Morgan fingerprint density at radius 1 is 0.803 bits per heavy atom. The molecule has 4 rings (SSSR count). The number of aliphatic carboxylic acids is 1. The van der Waals surface area contributed by atoms with Crippen LogP contribution in [0.1, 0.15) is 87.5 Å². The molecule has 2 aromatic carbocycles. The highest BCUT2D eigenvalue weighted by Crippen LogP contribution is 2.22. The molecule has 1 aliphatic heterocycles. The number of halogens is 2. The van der Waals surface area contributed by atoms with Gasteiger partial charge in [0.1, 0.15) is 29.9 Å². The number of hydrogen-bond donors (Lipinski definition) is 6. The maximum absolute atomic E-state index is 15.5. The summed E-state index contributed by atoms with van der Waals surface area (Å²) in [7, 11) is 0. The van der Waals surface area contributed by atoms with Gasteiger partial charge in [0.15, 0.2) is 0 Å². The molecule has 5 atom stereocenters. The topological polar surface area (TPSA) is 255 Å². The Morgan fingerprint density at radius 3 is 2.08 bits per heavy atom. The molecule has 0 fully saturated rings. The molecule has 3 aromatic rings. The van der Waals surface area contributed by atoms with Gasteiger partial charge < -0.3 is 41.3 Å². The molecule has 0 saturated heterocycles. The van der Waals surface area contributed by atoms with Crippen LogP contribution in [0.3, 0.4) is 0 Å². The molecule has 1 aromatic heterocycles. The number of carboxylic acid groups (broad SMARTS) is 1. The van der Waals surface area contributed by atoms with Crippen molar-refractivity contribution in [3.05, 3.63) is 95.6 Å². The molecule has 0 spiro atoms. The predicted octanol–water partition coefficient (Wildman–Crippen LogP) is 3.13. The number of rotatable bonds is 23. The van der Waals surface area contributed by atoms with Crippen molar-refractivity contribution in [3.8, 4) is 0 Å². The van der Waals surface area contributed by atoms with Crippen LogP contribution in [-0.4, -0.2) is 117 Å². The summed E-state index contributed by atoms with van der Waals surface area (Å²) in [4.78, 5) is 114. The van der Waals surface area contributed by atoms with Crippen molar-refractivity contribution in [2.24, 2.45) is 11.8 Å². The lowest BCUT2D eigenvalue weighted by Gasteiger charge is -2.30. The van der Waals surface area contributed by atoms with Crippen molar-refractivity contribution >= 4 is 47.4 Å². The van der Waals surface area contributed by atoms with Gasteiger partial charge in [0.05, 0.1) is 18.8 Å². The number of fused-ring (bicyclic) bond motifs is 1. The van der Waals surface area contributed by atoms with Crippen molar-refractivity contribution in [2.75, 3.05) is 13.1 Å². The molecule has 20 heteroatoms. The summed E-state index contributed by atoms with van der Waals surface area (Å²) in [5.41, 5.74) is 2.38. The molecular weight excluding hydrogens is 863 g/mol. The molecule has 0 radical (unpaired) electrons. The van der Waals surface area contributed by atoms with Crippen LogP contribution < -0.4 is 26.6 Å². The number of carbonyl (C=O) groups excluding carboxylic acids is 7. The highest BCUT2D eigenvalue weighted by Gasteiger charge is 2.51. The van der Waals surface area contributed by atoms with E-state index in [1.807, 2.05) is 24.3 Å². The van der Waals surface area contributed by atoms with Crippen molar-refractivity contribution in [2.45, 2.75) is 116 Å². The van der Waals surface area contributed by atoms with E-state index in [1.165, 1.54) is 23.5 Å². The Hall–Kier alpha value is -6.86. The third-order valence-corrected chi connectivity index (χ3v) is 10.8. The Labute approximate surface area is 381 Å². The quantitative estimate of drug-likeness (QED) is 0.0751. The van der Waals surface area contributed by atoms with E-state index in [-0.39, 0.29) is 44.5 Å². The summed E-state index contributed by atoms with van der Waals surface area (Å²) in [5.74, 6) is -14.2. The fraction of sp³-hybridized carbons (Fsp3) is 0.478. The lowest BCUT2D eigenvalue weighted by molar-refractivity contribution is -0.162. The Bertz CT molecular complexity index is 2180. The van der Waals surface area contributed by atoms with E-state index < -0.39 is 102 Å². The van der Waals surface area contributed by atoms with E-state index in [9.17, 15) is 43.5 Å². The first-order valence-electron chi connectivity index (χ1n) is 21.8. The number of carbonyl (C=O) groups is 8. The van der Waals surface area contributed by atoms with Gasteiger partial charge in [0, 0.05) is 38.3 Å². The standard InChI is InChI=1S/C46H58F2N8O10/c1-6-12-33(39(58)46(47,48)44(64)53-34(43(62)63)23-29-13-8-7-9-14-29)52-36(57)18-17-32(66-45(65)56-22-19-30-15-10-11-16-31(30)26-56)24-51-41(60)37(27(2)3)55-42(61)38(28(4)5)54-40(59)35-25-49-20-21-50-35/h7-11,13-16,20-21,25,27-28,32-34,37-38H,6,12,17-19,22-24,26H2,1-5H3,(H,51,60)(H,52,57)(H,53,64)(H,54,59)(H,55,61)(H,62,63)/t32-,33+,34+,37+,38+/m1/s1. The van der Waals surface area contributed by atoms with Gasteiger partial charge in [-0.15, -0.1) is 0 Å². The highest BCUT2D eigenvalue weighted by atomic mass is 19.3. The normalized spacial score (nSPS) is 14.7. The summed E-state index contributed by atoms with van der Waals surface area (Å²) in [6.07, 6.45) is 1.28. The summed E-state index contributed by atoms with van der Waals surface area (Å²) in [6.45, 7) is 8.50. The summed E-state index contributed by atoms with van der Waals surface area (Å²) < 4.78 is 36.7. The zero-order chi connectivity index (χ0) is 48.6. The third-order valence-electron chi connectivity index (χ3n) is 10.8. The molecule has 2 heterocycles. The molecule has 1 aliphatic rings. The second-order valence-corrected chi connectivity index (χ2v) is 16.6. The second kappa shape index (κ2) is 24.4. The summed E-state index contributed by atoms with van der Waals surface area (Å²) >= 11 is 0. The van der Waals surface area contributed by atoms with Crippen molar-refractivity contribution < 1.29 is 57.0 Å². The molecule has 0 aliphatic carbocycles. The molecule has 0 saturated carbocycles. The van der Waals surface area contributed by atoms with E-state index >= 15 is 8.78 Å². The SMILES string of the molecule is CCC[C@H](NC(=O)CC[C@H](CNC(=O)[C@@H](NC(=O)[C@@H](NC(=O)c1cnccn1)C(C)C)C(C)C)OC(=O)N1CCc2ccccc2C1)C(=O)C(F)(F)C(=O)N[C@@H](Cc1ccccc1)C(=O)O. The maximum atomic E-state index is 15.5. The number of ether oxygens (including phenoxy) is 1. The largest absolute Gasteiger partial charge is 0.480 e. The van der Waals surface area contributed by atoms with Gasteiger partial charge in [-0.3, -0.25) is 33.8 Å². The van der Waals surface area contributed by atoms with Gasteiger partial charge in [-0.05, 0) is 47.8 Å². The fourth-order valence-corrected chi connectivity index (χ4v) is 7.09. The van der Waals surface area contributed by atoms with E-state index in [4.69, 9.17) is 4.74 Å². The van der Waals surface area contributed by atoms with Crippen LogP contribution >= 0.6 is 0 Å². The van der Waals surface area contributed by atoms with Crippen LogP contribution in [0.5, 0.6) is 0 Å². The number of amides is 6. The molecule has 0 unspecified atom stereocenters. The second-order valence-electron chi connectivity index (χ2n) is 16.6. The van der Waals surface area contributed by atoms with Crippen LogP contribution in [0, 0.1) is 11.8 Å². The fourth-order valence-electron chi connectivity index (χ4n) is 7.09. The third kappa shape index (κ3) is 14.8. The Morgan fingerprint density at radius 2 is 1.45 bits per heavy atom. The number of alkyl halides is 2. The monoisotopic (exact) mass is 920 g/mol. The number of ketones is 1. The van der Waals surface area contributed by atoms with Crippen LogP contribution in [-0.2, 0) is 52.9 Å². The molecule has 0 bridgehead atoms. The number of nitrogens with zero attached hydrogens (tertiary/aromatic N) is 3. The molecule has 356 valence electrons.